The van der Waals surface area contributed by atoms with Gasteiger partial charge in [-0.15, -0.1) is 0 Å². The van der Waals surface area contributed by atoms with Crippen LogP contribution in [-0.2, 0) is 15.6 Å². The van der Waals surface area contributed by atoms with Crippen LogP contribution < -0.4 is 10.6 Å². The molecule has 4 nitrogen and oxygen atoms in total. The van der Waals surface area contributed by atoms with Gasteiger partial charge in [0.15, 0.2) is 0 Å². The van der Waals surface area contributed by atoms with Crippen LogP contribution in [0.5, 0.6) is 0 Å². The van der Waals surface area contributed by atoms with Gasteiger partial charge in [-0.3, -0.25) is 9.00 Å². The third kappa shape index (κ3) is 8.85. The number of rotatable bonds is 8. The van der Waals surface area contributed by atoms with Crippen LogP contribution in [0.15, 0.2) is 0 Å². The van der Waals surface area contributed by atoms with E-state index in [0.29, 0.717) is 12.3 Å². The van der Waals surface area contributed by atoms with Gasteiger partial charge in [0, 0.05) is 34.9 Å². The Morgan fingerprint density at radius 1 is 1.31 bits per heavy atom. The molecule has 3 atom stereocenters. The van der Waals surface area contributed by atoms with Gasteiger partial charge in [0.1, 0.15) is 0 Å². The van der Waals surface area contributed by atoms with Crippen molar-refractivity contribution in [2.75, 3.05) is 18.6 Å². The fourth-order valence-corrected chi connectivity index (χ4v) is 1.83. The highest BCUT2D eigenvalue weighted by Gasteiger charge is 2.07. The van der Waals surface area contributed by atoms with E-state index in [-0.39, 0.29) is 18.0 Å². The van der Waals surface area contributed by atoms with E-state index >= 15 is 0 Å². The normalized spacial score (nSPS) is 16.5. The van der Waals surface area contributed by atoms with Crippen LogP contribution in [0.25, 0.3) is 0 Å². The van der Waals surface area contributed by atoms with Crippen molar-refractivity contribution in [3.63, 3.8) is 0 Å². The molecule has 0 aliphatic rings. The fourth-order valence-electron chi connectivity index (χ4n) is 1.14. The van der Waals surface area contributed by atoms with Crippen LogP contribution in [0, 0.1) is 0 Å². The number of hydrogen-bond acceptors (Lipinski definition) is 3. The van der Waals surface area contributed by atoms with Gasteiger partial charge in [0.25, 0.3) is 0 Å². The number of nitrogens with one attached hydrogen (secondary N) is 2. The highest BCUT2D eigenvalue weighted by Crippen LogP contribution is 1.92. The minimum Gasteiger partial charge on any atom is -0.353 e. The first-order valence-corrected chi connectivity index (χ1v) is 7.51. The molecule has 2 N–H and O–H groups in total. The van der Waals surface area contributed by atoms with Crippen molar-refractivity contribution >= 4 is 16.7 Å². The maximum Gasteiger partial charge on any atom is 0.234 e. The molecular weight excluding hydrogens is 224 g/mol. The van der Waals surface area contributed by atoms with E-state index < -0.39 is 10.8 Å². The first-order chi connectivity index (χ1) is 7.45. The molecule has 1 amide bonds. The maximum absolute atomic E-state index is 11.4. The van der Waals surface area contributed by atoms with E-state index in [1.807, 2.05) is 20.8 Å². The Morgan fingerprint density at radius 2 is 1.94 bits per heavy atom. The average molecular weight is 248 g/mol. The molecule has 0 fully saturated rings. The van der Waals surface area contributed by atoms with Crippen molar-refractivity contribution in [1.82, 2.24) is 10.6 Å². The van der Waals surface area contributed by atoms with Gasteiger partial charge in [-0.25, -0.2) is 0 Å². The summed E-state index contributed by atoms with van der Waals surface area (Å²) in [6.07, 6.45) is 3.47. The second-order valence-corrected chi connectivity index (χ2v) is 5.78. The van der Waals surface area contributed by atoms with Crippen LogP contribution in [0.1, 0.15) is 33.6 Å². The molecule has 0 aliphatic heterocycles. The second-order valence-electron chi connectivity index (χ2n) is 4.22. The average Bonchev–Trinajstić information content (AvgIpc) is 2.23. The molecule has 0 aromatic rings. The first-order valence-electron chi connectivity index (χ1n) is 5.78. The summed E-state index contributed by atoms with van der Waals surface area (Å²) in [5.74, 6) is 0.708. The molecule has 3 unspecified atom stereocenters. The lowest BCUT2D eigenvalue weighted by Crippen LogP contribution is -2.41. The molecule has 0 saturated heterocycles. The largest absolute Gasteiger partial charge is 0.353 e. The lowest BCUT2D eigenvalue weighted by molar-refractivity contribution is -0.120. The lowest BCUT2D eigenvalue weighted by Gasteiger charge is -2.15. The standard InChI is InChI=1S/C11H24N2O2S/c1-5-9(2)13-11(14)8-12-10(3)6-7-16(4)15/h9-10,12H,5-8H2,1-4H3,(H,13,14). The van der Waals surface area contributed by atoms with Crippen molar-refractivity contribution in [3.8, 4) is 0 Å². The van der Waals surface area contributed by atoms with Crippen molar-refractivity contribution < 1.29 is 9.00 Å². The van der Waals surface area contributed by atoms with Crippen molar-refractivity contribution in [3.05, 3.63) is 0 Å². The Morgan fingerprint density at radius 3 is 2.44 bits per heavy atom. The summed E-state index contributed by atoms with van der Waals surface area (Å²) in [7, 11) is -0.752. The summed E-state index contributed by atoms with van der Waals surface area (Å²) in [6, 6.07) is 0.458. The molecule has 0 aromatic carbocycles. The topological polar surface area (TPSA) is 58.2 Å². The Labute approximate surface area is 101 Å². The number of amides is 1. The Bertz CT molecular complexity index is 234. The highest BCUT2D eigenvalue weighted by molar-refractivity contribution is 7.84. The zero-order valence-electron chi connectivity index (χ0n) is 10.7. The monoisotopic (exact) mass is 248 g/mol. The minimum absolute atomic E-state index is 0.0267. The molecule has 0 saturated carbocycles. The number of carbonyl (C=O) groups excluding carboxylic acids is 1. The predicted octanol–water partition coefficient (Wildman–Crippen LogP) is 0.648. The molecule has 0 rings (SSSR count). The van der Waals surface area contributed by atoms with Crippen LogP contribution >= 0.6 is 0 Å². The molecule has 0 radical (unpaired) electrons. The Hall–Kier alpha value is -0.420. The van der Waals surface area contributed by atoms with Crippen LogP contribution in [0.3, 0.4) is 0 Å². The zero-order chi connectivity index (χ0) is 12.6. The summed E-state index contributed by atoms with van der Waals surface area (Å²) in [6.45, 7) is 6.37. The van der Waals surface area contributed by atoms with Crippen molar-refractivity contribution in [1.29, 1.82) is 0 Å². The quantitative estimate of drug-likeness (QED) is 0.663. The van der Waals surface area contributed by atoms with E-state index in [1.165, 1.54) is 0 Å². The minimum atomic E-state index is -0.752. The molecular formula is C11H24N2O2S. The predicted molar refractivity (Wildman–Crippen MR) is 68.9 cm³/mol. The van der Waals surface area contributed by atoms with Crippen LogP contribution in [0.4, 0.5) is 0 Å². The molecule has 5 heteroatoms. The summed E-state index contributed by atoms with van der Waals surface area (Å²) in [4.78, 5) is 11.4. The third-order valence-corrected chi connectivity index (χ3v) is 3.28. The smallest absolute Gasteiger partial charge is 0.234 e. The van der Waals surface area contributed by atoms with Gasteiger partial charge < -0.3 is 10.6 Å². The SMILES string of the molecule is CCC(C)NC(=O)CNC(C)CCS(C)=O. The Balaban J connectivity index is 3.62. The third-order valence-electron chi connectivity index (χ3n) is 2.47. The summed E-state index contributed by atoms with van der Waals surface area (Å²) >= 11 is 0. The molecule has 96 valence electrons. The van der Waals surface area contributed by atoms with Crippen LogP contribution in [0.2, 0.25) is 0 Å². The number of hydrogen-bond donors (Lipinski definition) is 2. The highest BCUT2D eigenvalue weighted by atomic mass is 32.2. The van der Waals surface area contributed by atoms with Crippen molar-refractivity contribution in [2.45, 2.75) is 45.7 Å². The van der Waals surface area contributed by atoms with Gasteiger partial charge in [0.2, 0.25) is 5.91 Å². The summed E-state index contributed by atoms with van der Waals surface area (Å²) < 4.78 is 10.9. The molecule has 0 aliphatic carbocycles. The fraction of sp³-hybridized carbons (Fsp3) is 0.909. The van der Waals surface area contributed by atoms with Gasteiger partial charge in [-0.1, -0.05) is 6.92 Å². The van der Waals surface area contributed by atoms with Gasteiger partial charge in [0.05, 0.1) is 6.54 Å². The molecule has 0 bridgehead atoms. The van der Waals surface area contributed by atoms with Gasteiger partial charge in [-0.05, 0) is 26.7 Å². The molecule has 0 aromatic heterocycles. The van der Waals surface area contributed by atoms with E-state index in [0.717, 1.165) is 12.8 Å². The van der Waals surface area contributed by atoms with E-state index in [2.05, 4.69) is 10.6 Å². The molecule has 0 spiro atoms. The summed E-state index contributed by atoms with van der Waals surface area (Å²) in [5, 5.41) is 6.01. The molecule has 0 heterocycles. The summed E-state index contributed by atoms with van der Waals surface area (Å²) in [5.41, 5.74) is 0. The van der Waals surface area contributed by atoms with E-state index in [9.17, 15) is 9.00 Å². The second kappa shape index (κ2) is 8.70. The maximum atomic E-state index is 11.4. The van der Waals surface area contributed by atoms with Gasteiger partial charge >= 0.3 is 0 Å². The van der Waals surface area contributed by atoms with Crippen molar-refractivity contribution in [2.24, 2.45) is 0 Å². The Kier molecular flexibility index (Phi) is 8.47. The first kappa shape index (κ1) is 15.6. The number of carbonyl (C=O) groups is 1. The van der Waals surface area contributed by atoms with Gasteiger partial charge in [-0.2, -0.15) is 0 Å². The lowest BCUT2D eigenvalue weighted by atomic mass is 10.2. The van der Waals surface area contributed by atoms with E-state index in [4.69, 9.17) is 0 Å². The van der Waals surface area contributed by atoms with E-state index in [1.54, 1.807) is 6.26 Å². The van der Waals surface area contributed by atoms with Crippen LogP contribution in [-0.4, -0.2) is 40.8 Å². The zero-order valence-corrected chi connectivity index (χ0v) is 11.5. The molecule has 16 heavy (non-hydrogen) atoms.